The molecule has 278 valence electrons. The highest BCUT2D eigenvalue weighted by Gasteiger charge is 2.12. The number of phosphoric ester groups is 1. The Morgan fingerprint density at radius 1 is 0.283 bits per heavy atom. The van der Waals surface area contributed by atoms with E-state index >= 15 is 0 Å². The molecule has 0 aliphatic rings. The van der Waals surface area contributed by atoms with E-state index in [0.29, 0.717) is 6.42 Å². The molecule has 0 aromatic rings. The van der Waals surface area contributed by atoms with Gasteiger partial charge in [-0.1, -0.05) is 212 Å². The molecular weight excluding hydrogens is 618 g/mol. The summed E-state index contributed by atoms with van der Waals surface area (Å²) < 4.78 is 25.9. The van der Waals surface area contributed by atoms with Crippen molar-refractivity contribution in [1.29, 1.82) is 0 Å². The Bertz CT molecular complexity index is 637. The summed E-state index contributed by atoms with van der Waals surface area (Å²) in [7, 11) is -8.06. The summed E-state index contributed by atoms with van der Waals surface area (Å²) in [4.78, 5) is 35.0. The lowest BCUT2D eigenvalue weighted by Gasteiger charge is -2.05. The molecule has 0 bridgehead atoms. The van der Waals surface area contributed by atoms with Gasteiger partial charge in [-0.25, -0.2) is 4.57 Å². The first-order valence-electron chi connectivity index (χ1n) is 20.0. The predicted octanol–water partition coefficient (Wildman–Crippen LogP) is 12.9. The SMILES string of the molecule is O=P(O)(O)CCCCCCCCCCCCCCCCCCCCCCCCCCCCCCCCCCCCCOP(=O)(O)O. The van der Waals surface area contributed by atoms with E-state index in [-0.39, 0.29) is 12.8 Å². The molecule has 0 saturated carbocycles. The predicted molar refractivity (Wildman–Crippen MR) is 197 cm³/mol. The lowest BCUT2D eigenvalue weighted by atomic mass is 10.0. The van der Waals surface area contributed by atoms with E-state index in [1.54, 1.807) is 0 Å². The minimum Gasteiger partial charge on any atom is -0.324 e. The van der Waals surface area contributed by atoms with Crippen LogP contribution in [-0.4, -0.2) is 32.3 Å². The Morgan fingerprint density at radius 3 is 0.630 bits per heavy atom. The third-order valence-electron chi connectivity index (χ3n) is 9.35. The third-order valence-corrected chi connectivity index (χ3v) is 10.8. The lowest BCUT2D eigenvalue weighted by Crippen LogP contribution is -1.92. The van der Waals surface area contributed by atoms with Gasteiger partial charge >= 0.3 is 15.4 Å². The number of hydrogen-bond acceptors (Lipinski definition) is 3. The first kappa shape index (κ1) is 46.3. The average Bonchev–Trinajstić information content (AvgIpc) is 2.99. The molecule has 0 aliphatic carbocycles. The Morgan fingerprint density at radius 2 is 0.457 bits per heavy atom. The van der Waals surface area contributed by atoms with Gasteiger partial charge in [0.25, 0.3) is 0 Å². The van der Waals surface area contributed by atoms with Crippen LogP contribution >= 0.6 is 15.4 Å². The summed E-state index contributed by atoms with van der Waals surface area (Å²) in [5.74, 6) is 0. The van der Waals surface area contributed by atoms with Gasteiger partial charge in [-0.05, 0) is 12.8 Å². The van der Waals surface area contributed by atoms with Gasteiger partial charge in [0.2, 0.25) is 0 Å². The quantitative estimate of drug-likeness (QED) is 0.0372. The van der Waals surface area contributed by atoms with Crippen molar-refractivity contribution in [2.45, 2.75) is 225 Å². The molecule has 0 radical (unpaired) electrons. The van der Waals surface area contributed by atoms with Crippen LogP contribution in [0.5, 0.6) is 0 Å². The summed E-state index contributed by atoms with van der Waals surface area (Å²) in [5.41, 5.74) is 0. The molecule has 0 amide bonds. The highest BCUT2D eigenvalue weighted by atomic mass is 31.2. The van der Waals surface area contributed by atoms with E-state index in [1.165, 1.54) is 186 Å². The zero-order chi connectivity index (χ0) is 33.9. The molecule has 7 nitrogen and oxygen atoms in total. The summed E-state index contributed by atoms with van der Waals surface area (Å²) in [6, 6.07) is 0. The highest BCUT2D eigenvalue weighted by Crippen LogP contribution is 2.36. The van der Waals surface area contributed by atoms with Crippen LogP contribution in [0, 0.1) is 0 Å². The van der Waals surface area contributed by atoms with Crippen LogP contribution in [0.2, 0.25) is 0 Å². The molecule has 0 aliphatic heterocycles. The molecular formula is C37H78O7P2. The van der Waals surface area contributed by atoms with E-state index in [4.69, 9.17) is 19.6 Å². The molecule has 9 heteroatoms. The maximum Gasteiger partial charge on any atom is 0.469 e. The van der Waals surface area contributed by atoms with Gasteiger partial charge in [0.1, 0.15) is 0 Å². The van der Waals surface area contributed by atoms with Crippen LogP contribution in [-0.2, 0) is 13.7 Å². The van der Waals surface area contributed by atoms with E-state index < -0.39 is 15.4 Å². The molecule has 0 aromatic carbocycles. The highest BCUT2D eigenvalue weighted by molar-refractivity contribution is 7.51. The van der Waals surface area contributed by atoms with E-state index in [9.17, 15) is 9.13 Å². The van der Waals surface area contributed by atoms with Crippen molar-refractivity contribution in [2.24, 2.45) is 0 Å². The number of unbranched alkanes of at least 4 members (excludes halogenated alkanes) is 34. The minimum absolute atomic E-state index is 0.0525. The molecule has 0 spiro atoms. The van der Waals surface area contributed by atoms with Gasteiger partial charge in [0, 0.05) is 6.16 Å². The molecule has 0 aromatic heterocycles. The third kappa shape index (κ3) is 44.3. The Kier molecular flexibility index (Phi) is 35.3. The van der Waals surface area contributed by atoms with Gasteiger partial charge in [0.15, 0.2) is 0 Å². The van der Waals surface area contributed by atoms with Crippen LogP contribution in [0.1, 0.15) is 225 Å². The average molecular weight is 697 g/mol. The second kappa shape index (κ2) is 35.1. The number of rotatable bonds is 39. The second-order valence-electron chi connectivity index (χ2n) is 14.1. The summed E-state index contributed by atoms with van der Waals surface area (Å²) in [6.07, 6.45) is 45.7. The van der Waals surface area contributed by atoms with Crippen molar-refractivity contribution >= 4 is 15.4 Å². The van der Waals surface area contributed by atoms with Crippen LogP contribution in [0.3, 0.4) is 0 Å². The molecule has 0 atom stereocenters. The fraction of sp³-hybridized carbons (Fsp3) is 1.00. The fourth-order valence-corrected chi connectivity index (χ4v) is 7.44. The van der Waals surface area contributed by atoms with Gasteiger partial charge < -0.3 is 19.6 Å². The monoisotopic (exact) mass is 697 g/mol. The topological polar surface area (TPSA) is 124 Å². The Hall–Kier alpha value is 0.260. The molecule has 0 fully saturated rings. The maximum absolute atomic E-state index is 10.8. The van der Waals surface area contributed by atoms with Gasteiger partial charge in [-0.15, -0.1) is 0 Å². The van der Waals surface area contributed by atoms with Crippen molar-refractivity contribution in [3.8, 4) is 0 Å². The van der Waals surface area contributed by atoms with Crippen molar-refractivity contribution in [3.63, 3.8) is 0 Å². The van der Waals surface area contributed by atoms with Crippen LogP contribution in [0.15, 0.2) is 0 Å². The normalized spacial score (nSPS) is 12.3. The fourth-order valence-electron chi connectivity index (χ4n) is 6.44. The lowest BCUT2D eigenvalue weighted by molar-refractivity contribution is 0.193. The largest absolute Gasteiger partial charge is 0.469 e. The Labute approximate surface area is 285 Å². The summed E-state index contributed by atoms with van der Waals surface area (Å²) >= 11 is 0. The standard InChI is InChI=1S/C37H78O7P2/c38-45(39,40)37-35-33-31-29-27-25-23-21-19-17-15-13-11-9-7-5-3-1-2-4-6-8-10-12-14-16-18-20-22-24-26-28-30-32-34-36-44-46(41,42)43/h1-37H2,(H2,38,39,40)(H2,41,42,43). The van der Waals surface area contributed by atoms with Crippen molar-refractivity contribution in [1.82, 2.24) is 0 Å². The minimum atomic E-state index is -4.28. The van der Waals surface area contributed by atoms with E-state index in [0.717, 1.165) is 32.1 Å². The first-order valence-corrected chi connectivity index (χ1v) is 23.3. The molecule has 46 heavy (non-hydrogen) atoms. The van der Waals surface area contributed by atoms with Crippen molar-refractivity contribution in [3.05, 3.63) is 0 Å². The van der Waals surface area contributed by atoms with Crippen LogP contribution in [0.25, 0.3) is 0 Å². The van der Waals surface area contributed by atoms with Gasteiger partial charge in [-0.2, -0.15) is 0 Å². The molecule has 0 saturated heterocycles. The Balaban J connectivity index is 3.08. The smallest absolute Gasteiger partial charge is 0.324 e. The molecule has 0 heterocycles. The van der Waals surface area contributed by atoms with Crippen LogP contribution < -0.4 is 0 Å². The zero-order valence-corrected chi connectivity index (χ0v) is 31.9. The maximum atomic E-state index is 10.8. The van der Waals surface area contributed by atoms with Crippen molar-refractivity contribution in [2.75, 3.05) is 12.8 Å². The number of phosphoric acid groups is 1. The summed E-state index contributed by atoms with van der Waals surface area (Å²) in [6.45, 7) is 0.162. The van der Waals surface area contributed by atoms with E-state index in [1.807, 2.05) is 0 Å². The number of hydrogen-bond donors (Lipinski definition) is 4. The van der Waals surface area contributed by atoms with Crippen molar-refractivity contribution < 1.29 is 33.2 Å². The molecule has 0 unspecified atom stereocenters. The molecule has 0 rings (SSSR count). The molecule has 4 N–H and O–H groups in total. The second-order valence-corrected chi connectivity index (χ2v) is 17.1. The summed E-state index contributed by atoms with van der Waals surface area (Å²) in [5, 5.41) is 0. The van der Waals surface area contributed by atoms with Gasteiger partial charge in [0.05, 0.1) is 6.61 Å². The van der Waals surface area contributed by atoms with E-state index in [2.05, 4.69) is 4.52 Å². The zero-order valence-electron chi connectivity index (χ0n) is 30.1. The first-order chi connectivity index (χ1) is 22.2. The van der Waals surface area contributed by atoms with Crippen LogP contribution in [0.4, 0.5) is 0 Å². The van der Waals surface area contributed by atoms with Gasteiger partial charge in [-0.3, -0.25) is 9.09 Å².